The van der Waals surface area contributed by atoms with E-state index in [1.165, 1.54) is 16.6 Å². The number of amides is 2. The smallest absolute Gasteiger partial charge is 0.262 e. The number of hydrogen-bond donors (Lipinski definition) is 1. The molecule has 7 rings (SSSR count). The molecule has 0 atom stereocenters. The number of nitrogens with one attached hydrogen (secondary N) is 1. The third-order valence-corrected chi connectivity index (χ3v) is 13.9. The van der Waals surface area contributed by atoms with Crippen LogP contribution >= 0.6 is 0 Å². The summed E-state index contributed by atoms with van der Waals surface area (Å²) in [6.07, 6.45) is 5.85. The quantitative estimate of drug-likeness (QED) is 0.107. The molecule has 0 radical (unpaired) electrons. The summed E-state index contributed by atoms with van der Waals surface area (Å²) in [5.41, 5.74) is 2.52. The number of benzene rings is 3. The number of rotatable bonds is 10. The second kappa shape index (κ2) is 12.7. The van der Waals surface area contributed by atoms with Crippen LogP contribution in [0.3, 0.4) is 0 Å². The molecule has 1 aliphatic heterocycles. The first-order valence-electron chi connectivity index (χ1n) is 16.1. The summed E-state index contributed by atoms with van der Waals surface area (Å²) in [4.78, 5) is 35.6. The average molecular weight is 653 g/mol. The van der Waals surface area contributed by atoms with Gasteiger partial charge in [0.05, 0.1) is 17.3 Å². The van der Waals surface area contributed by atoms with Crippen LogP contribution in [0.25, 0.3) is 33.6 Å². The molecule has 0 aliphatic carbocycles. The van der Waals surface area contributed by atoms with Gasteiger partial charge in [0.25, 0.3) is 20.1 Å². The molecule has 48 heavy (non-hydrogen) atoms. The summed E-state index contributed by atoms with van der Waals surface area (Å²) in [5, 5.41) is 5.58. The van der Waals surface area contributed by atoms with Gasteiger partial charge in [-0.2, -0.15) is 0 Å². The maximum absolute atomic E-state index is 13.3. The van der Waals surface area contributed by atoms with E-state index < -0.39 is 20.1 Å². The van der Waals surface area contributed by atoms with E-state index >= 15 is 0 Å². The maximum Gasteiger partial charge on any atom is 0.262 e. The number of pyridine rings is 1. The zero-order valence-electron chi connectivity index (χ0n) is 27.1. The topological polar surface area (TPSA) is 99.2 Å². The van der Waals surface area contributed by atoms with E-state index in [-0.39, 0.29) is 21.9 Å². The van der Waals surface area contributed by atoms with Crippen LogP contribution in [-0.2, 0) is 20.6 Å². The van der Waals surface area contributed by atoms with Crippen molar-refractivity contribution >= 4 is 52.7 Å². The number of hydrogen-bond acceptors (Lipinski definition) is 6. The van der Waals surface area contributed by atoms with Crippen LogP contribution in [0.4, 0.5) is 0 Å². The summed E-state index contributed by atoms with van der Waals surface area (Å²) < 4.78 is 15.2. The van der Waals surface area contributed by atoms with Gasteiger partial charge in [0.15, 0.2) is 5.76 Å². The predicted molar refractivity (Wildman–Crippen MR) is 190 cm³/mol. The highest BCUT2D eigenvalue weighted by atomic mass is 28.4. The Bertz CT molecular complexity index is 2090. The molecule has 0 bridgehead atoms. The lowest BCUT2D eigenvalue weighted by Crippen LogP contribution is -2.66. The number of fused-ring (bicyclic) bond motifs is 1. The van der Waals surface area contributed by atoms with Crippen molar-refractivity contribution in [2.45, 2.75) is 38.8 Å². The molecular weight excluding hydrogens is 617 g/mol. The van der Waals surface area contributed by atoms with Crippen molar-refractivity contribution in [3.05, 3.63) is 133 Å². The van der Waals surface area contributed by atoms with Crippen molar-refractivity contribution < 1.29 is 18.4 Å². The first kappa shape index (κ1) is 31.2. The number of aromatic nitrogens is 3. The molecule has 0 unspecified atom stereocenters. The van der Waals surface area contributed by atoms with Gasteiger partial charge >= 0.3 is 0 Å². The molecule has 0 saturated carbocycles. The van der Waals surface area contributed by atoms with Crippen LogP contribution in [0.2, 0.25) is 5.04 Å². The van der Waals surface area contributed by atoms with Crippen molar-refractivity contribution in [2.24, 2.45) is 0 Å². The van der Waals surface area contributed by atoms with E-state index in [0.717, 1.165) is 16.6 Å². The predicted octanol–water partition coefficient (Wildman–Crippen LogP) is 6.23. The molecule has 9 heteroatoms. The molecule has 8 nitrogen and oxygen atoms in total. The monoisotopic (exact) mass is 652 g/mol. The van der Waals surface area contributed by atoms with E-state index in [0.29, 0.717) is 31.0 Å². The molecule has 240 valence electrons. The lowest BCUT2D eigenvalue weighted by Gasteiger charge is -2.43. The first-order valence-corrected chi connectivity index (χ1v) is 18.0. The second-order valence-electron chi connectivity index (χ2n) is 12.9. The summed E-state index contributed by atoms with van der Waals surface area (Å²) in [6, 6.07) is 34.4. The largest absolute Gasteiger partial charge is 0.436 e. The van der Waals surface area contributed by atoms with Gasteiger partial charge in [-0.25, -0.2) is 9.97 Å². The van der Waals surface area contributed by atoms with Crippen molar-refractivity contribution in [2.75, 3.05) is 6.61 Å². The lowest BCUT2D eigenvalue weighted by molar-refractivity contribution is -0.122. The molecule has 3 aromatic carbocycles. The number of imide groups is 1. The number of carbonyl (C=O) groups is 2. The van der Waals surface area contributed by atoms with Gasteiger partial charge in [-0.15, -0.1) is 0 Å². The highest BCUT2D eigenvalue weighted by Crippen LogP contribution is 2.38. The molecule has 0 saturated heterocycles. The fourth-order valence-corrected chi connectivity index (χ4v) is 11.4. The molecule has 1 aliphatic rings. The Labute approximate surface area is 280 Å². The minimum atomic E-state index is -2.68. The molecular formula is C39H36N4O4Si. The van der Waals surface area contributed by atoms with Crippen molar-refractivity contribution in [3.63, 3.8) is 0 Å². The molecule has 2 amide bonds. The summed E-state index contributed by atoms with van der Waals surface area (Å²) >= 11 is 0. The number of nitrogens with zero attached hydrogens (tertiary/aromatic N) is 3. The second-order valence-corrected chi connectivity index (χ2v) is 17.2. The molecule has 6 aromatic rings. The zero-order chi connectivity index (χ0) is 33.3. The van der Waals surface area contributed by atoms with Crippen LogP contribution in [0.1, 0.15) is 38.5 Å². The molecule has 1 N–H and O–H groups in total. The van der Waals surface area contributed by atoms with Gasteiger partial charge in [-0.05, 0) is 46.1 Å². The van der Waals surface area contributed by atoms with Crippen LogP contribution in [0.5, 0.6) is 0 Å². The highest BCUT2D eigenvalue weighted by molar-refractivity contribution is 6.99. The third-order valence-electron chi connectivity index (χ3n) is 8.89. The Balaban J connectivity index is 1.21. The normalized spacial score (nSPS) is 13.8. The van der Waals surface area contributed by atoms with Crippen LogP contribution in [0.15, 0.2) is 126 Å². The average Bonchev–Trinajstić information content (AvgIpc) is 3.80. The van der Waals surface area contributed by atoms with Gasteiger partial charge in [0.2, 0.25) is 5.89 Å². The van der Waals surface area contributed by atoms with E-state index in [9.17, 15) is 9.59 Å². The Morgan fingerprint density at radius 3 is 2.06 bits per heavy atom. The van der Waals surface area contributed by atoms with Crippen LogP contribution in [-0.4, -0.2) is 41.3 Å². The van der Waals surface area contributed by atoms with Gasteiger partial charge in [0.1, 0.15) is 5.65 Å². The third kappa shape index (κ3) is 5.50. The standard InChI is InChI=1S/C39H36N4O4Si/c1-39(2,3)48(28-17-9-5-10-18-28,29-19-11-6-12-20-29)46-24-14-23-43-26-31(30-21-13-22-40-35(30)43)33-34(37(45)42-36(33)44)32-25-41-38(47-32)27-15-7-4-8-16-27/h4-13,15-22,25-26H,14,23-24H2,1-3H3,(H,42,44,45). The lowest BCUT2D eigenvalue weighted by atomic mass is 10.0. The molecule has 0 fully saturated rings. The Hall–Kier alpha value is -5.38. The van der Waals surface area contributed by atoms with E-state index in [2.05, 4.69) is 84.6 Å². The van der Waals surface area contributed by atoms with Gasteiger partial charge in [-0.3, -0.25) is 14.9 Å². The van der Waals surface area contributed by atoms with E-state index in [1.807, 2.05) is 65.4 Å². The summed E-state index contributed by atoms with van der Waals surface area (Å²) in [5.74, 6) is -0.398. The van der Waals surface area contributed by atoms with Crippen molar-refractivity contribution in [3.8, 4) is 11.5 Å². The molecule has 0 spiro atoms. The minimum absolute atomic E-state index is 0.128. The fourth-order valence-electron chi connectivity index (χ4n) is 6.77. The number of oxazole rings is 1. The maximum atomic E-state index is 13.3. The Kier molecular flexibility index (Phi) is 8.24. The van der Waals surface area contributed by atoms with E-state index in [1.54, 1.807) is 6.20 Å². The van der Waals surface area contributed by atoms with Crippen LogP contribution in [0, 0.1) is 0 Å². The zero-order valence-corrected chi connectivity index (χ0v) is 28.1. The van der Waals surface area contributed by atoms with Crippen molar-refractivity contribution in [1.29, 1.82) is 0 Å². The molecule has 4 heterocycles. The highest BCUT2D eigenvalue weighted by Gasteiger charge is 2.50. The summed E-state index contributed by atoms with van der Waals surface area (Å²) in [7, 11) is -2.68. The van der Waals surface area contributed by atoms with Gasteiger partial charge in [0, 0.05) is 42.1 Å². The SMILES string of the molecule is CC(C)(C)[Si](OCCCn1cc(C2=C(c3cnc(-c4ccccc4)o3)C(=O)NC2=O)c2cccnc21)(c1ccccc1)c1ccccc1. The fraction of sp³-hybridized carbons (Fsp3) is 0.179. The first-order chi connectivity index (χ1) is 23.3. The minimum Gasteiger partial charge on any atom is -0.436 e. The van der Waals surface area contributed by atoms with Crippen molar-refractivity contribution in [1.82, 2.24) is 19.9 Å². The number of aryl methyl sites for hydroxylation is 1. The van der Waals surface area contributed by atoms with Gasteiger partial charge in [-0.1, -0.05) is 99.6 Å². The summed E-state index contributed by atoms with van der Waals surface area (Å²) in [6.45, 7) is 7.94. The van der Waals surface area contributed by atoms with E-state index in [4.69, 9.17) is 8.84 Å². The Morgan fingerprint density at radius 1 is 0.792 bits per heavy atom. The van der Waals surface area contributed by atoms with Crippen LogP contribution < -0.4 is 15.7 Å². The Morgan fingerprint density at radius 2 is 1.42 bits per heavy atom. The van der Waals surface area contributed by atoms with Gasteiger partial charge < -0.3 is 13.4 Å². The molecule has 3 aromatic heterocycles. The number of carbonyl (C=O) groups excluding carboxylic acids is 2.